The van der Waals surface area contributed by atoms with Gasteiger partial charge in [0.15, 0.2) is 9.04 Å². The van der Waals surface area contributed by atoms with E-state index in [-0.39, 0.29) is 11.5 Å². The lowest BCUT2D eigenvalue weighted by Gasteiger charge is -2.37. The van der Waals surface area contributed by atoms with Crippen LogP contribution in [0.3, 0.4) is 0 Å². The highest BCUT2D eigenvalue weighted by atomic mass is 32.2. The molecule has 156 valence electrons. The number of methoxy groups -OCH3 is 1. The van der Waals surface area contributed by atoms with Gasteiger partial charge in [0.2, 0.25) is 5.88 Å². The summed E-state index contributed by atoms with van der Waals surface area (Å²) in [5.41, 5.74) is 1.38. The topological polar surface area (TPSA) is 74.7 Å². The third-order valence-electron chi connectivity index (χ3n) is 4.32. The first-order valence-electron chi connectivity index (χ1n) is 9.37. The molecule has 2 aromatic rings. The van der Waals surface area contributed by atoms with Crippen molar-refractivity contribution in [2.24, 2.45) is 5.41 Å². The van der Waals surface area contributed by atoms with Gasteiger partial charge in [-0.05, 0) is 30.1 Å². The Hall–Kier alpha value is -1.48. The van der Waals surface area contributed by atoms with Crippen LogP contribution in [0.4, 0.5) is 0 Å². The lowest BCUT2D eigenvalue weighted by molar-refractivity contribution is -0.0112. The predicted molar refractivity (Wildman–Crippen MR) is 115 cm³/mol. The zero-order valence-corrected chi connectivity index (χ0v) is 19.7. The molecule has 8 heteroatoms. The molecule has 0 radical (unpaired) electrons. The minimum Gasteiger partial charge on any atom is -0.481 e. The van der Waals surface area contributed by atoms with Crippen molar-refractivity contribution in [1.82, 2.24) is 4.98 Å². The molecule has 0 amide bonds. The summed E-state index contributed by atoms with van der Waals surface area (Å²) in [7, 11) is -3.52. The Kier molecular flexibility index (Phi) is 7.25. The number of para-hydroxylation sites is 1. The highest BCUT2D eigenvalue weighted by molar-refractivity contribution is 7.86. The van der Waals surface area contributed by atoms with Crippen LogP contribution in [0.15, 0.2) is 30.3 Å². The van der Waals surface area contributed by atoms with Crippen LogP contribution in [0.25, 0.3) is 10.9 Å². The van der Waals surface area contributed by atoms with Crippen molar-refractivity contribution in [3.63, 3.8) is 0 Å². The average Bonchev–Trinajstić information content (AvgIpc) is 2.56. The Labute approximate surface area is 170 Å². The van der Waals surface area contributed by atoms with E-state index in [2.05, 4.69) is 18.1 Å². The molecule has 2 unspecified atom stereocenters. The van der Waals surface area contributed by atoms with Crippen molar-refractivity contribution < 1.29 is 21.8 Å². The summed E-state index contributed by atoms with van der Waals surface area (Å²) in [5, 5.41) is 0.961. The molecule has 0 spiro atoms. The molecule has 1 aromatic heterocycles. The fourth-order valence-corrected chi connectivity index (χ4v) is 5.03. The molecule has 0 saturated heterocycles. The Balaban J connectivity index is 2.52. The summed E-state index contributed by atoms with van der Waals surface area (Å²) in [4.78, 5) is 4.57. The summed E-state index contributed by atoms with van der Waals surface area (Å²) in [6.07, 6.45) is 0.433. The number of rotatable bonds is 8. The summed E-state index contributed by atoms with van der Waals surface area (Å²) in [5.74, 6) is 0.513. The van der Waals surface area contributed by atoms with Crippen LogP contribution < -0.4 is 4.74 Å². The largest absolute Gasteiger partial charge is 0.481 e. The third kappa shape index (κ3) is 6.27. The summed E-state index contributed by atoms with van der Waals surface area (Å²) in [6, 6.07) is 9.60. The number of fused-ring (bicyclic) bond motifs is 1. The lowest BCUT2D eigenvalue weighted by Crippen LogP contribution is -2.45. The maximum absolute atomic E-state index is 12.0. The first-order chi connectivity index (χ1) is 12.9. The molecule has 0 N–H and O–H groups in total. The van der Waals surface area contributed by atoms with Gasteiger partial charge >= 0.3 is 0 Å². The van der Waals surface area contributed by atoms with E-state index in [4.69, 9.17) is 13.3 Å². The van der Waals surface area contributed by atoms with E-state index in [1.807, 2.05) is 51.1 Å². The van der Waals surface area contributed by atoms with Crippen LogP contribution >= 0.6 is 0 Å². The zero-order valence-electron chi connectivity index (χ0n) is 17.7. The average molecular weight is 426 g/mol. The van der Waals surface area contributed by atoms with Crippen LogP contribution in [0.2, 0.25) is 13.1 Å². The molecule has 2 atom stereocenters. The van der Waals surface area contributed by atoms with E-state index >= 15 is 0 Å². The lowest BCUT2D eigenvalue weighted by atomic mass is 9.84. The molecule has 1 heterocycles. The molecule has 2 rings (SSSR count). The van der Waals surface area contributed by atoms with E-state index in [0.29, 0.717) is 12.3 Å². The highest BCUT2D eigenvalue weighted by Crippen LogP contribution is 2.31. The van der Waals surface area contributed by atoms with Crippen LogP contribution in [-0.2, 0) is 25.1 Å². The van der Waals surface area contributed by atoms with Crippen LogP contribution in [-0.4, -0.2) is 48.0 Å². The number of benzene rings is 1. The second kappa shape index (κ2) is 8.90. The standard InChI is InChI=1S/C20H31NO5SSi/c1-20(2,3)19(26-28(6)7)16(25-27(5,22)23)13-15-10-8-9-14-11-12-17(24-4)21-18(14)15/h8-12,16,19,28H,13H2,1-7H3. The second-order valence-electron chi connectivity index (χ2n) is 8.36. The van der Waals surface area contributed by atoms with Gasteiger partial charge in [-0.3, -0.25) is 4.18 Å². The molecule has 0 bridgehead atoms. The molecule has 0 aliphatic heterocycles. The number of pyridine rings is 1. The van der Waals surface area contributed by atoms with Crippen molar-refractivity contribution in [2.75, 3.05) is 13.4 Å². The molecular formula is C20H31NO5SSi. The highest BCUT2D eigenvalue weighted by Gasteiger charge is 2.37. The number of nitrogens with zero attached hydrogens (tertiary/aromatic N) is 1. The number of hydrogen-bond donors (Lipinski definition) is 0. The molecule has 28 heavy (non-hydrogen) atoms. The third-order valence-corrected chi connectivity index (χ3v) is 5.75. The van der Waals surface area contributed by atoms with Crippen LogP contribution in [0, 0.1) is 5.41 Å². The molecular weight excluding hydrogens is 394 g/mol. The first-order valence-corrected chi connectivity index (χ1v) is 14.0. The smallest absolute Gasteiger partial charge is 0.264 e. The van der Waals surface area contributed by atoms with Crippen molar-refractivity contribution >= 4 is 30.1 Å². The monoisotopic (exact) mass is 425 g/mol. The first kappa shape index (κ1) is 22.8. The molecule has 0 saturated carbocycles. The minimum absolute atomic E-state index is 0.289. The Morgan fingerprint density at radius 2 is 1.82 bits per heavy atom. The fraction of sp³-hybridized carbons (Fsp3) is 0.550. The van der Waals surface area contributed by atoms with Crippen molar-refractivity contribution in [3.8, 4) is 5.88 Å². The van der Waals surface area contributed by atoms with Gasteiger partial charge in [0.05, 0.1) is 25.0 Å². The molecule has 1 aromatic carbocycles. The molecule has 0 aliphatic carbocycles. The van der Waals surface area contributed by atoms with Crippen molar-refractivity contribution in [2.45, 2.75) is 52.5 Å². The molecule has 0 aliphatic rings. The van der Waals surface area contributed by atoms with Gasteiger partial charge in [-0.15, -0.1) is 0 Å². The molecule has 6 nitrogen and oxygen atoms in total. The van der Waals surface area contributed by atoms with E-state index in [9.17, 15) is 8.42 Å². The fourth-order valence-electron chi connectivity index (χ4n) is 3.24. The summed E-state index contributed by atoms with van der Waals surface area (Å²) in [6.45, 7) is 10.3. The minimum atomic E-state index is -3.66. The number of aromatic nitrogens is 1. The maximum Gasteiger partial charge on any atom is 0.264 e. The normalized spacial score (nSPS) is 15.0. The van der Waals surface area contributed by atoms with E-state index < -0.39 is 25.3 Å². The molecule has 0 fully saturated rings. The zero-order chi connectivity index (χ0) is 21.1. The second-order valence-corrected chi connectivity index (χ2v) is 12.3. The Morgan fingerprint density at radius 3 is 2.36 bits per heavy atom. The van der Waals surface area contributed by atoms with Gasteiger partial charge in [-0.2, -0.15) is 8.42 Å². The number of hydrogen-bond acceptors (Lipinski definition) is 6. The Morgan fingerprint density at radius 1 is 1.14 bits per heavy atom. The van der Waals surface area contributed by atoms with E-state index in [0.717, 1.165) is 22.7 Å². The van der Waals surface area contributed by atoms with Gasteiger partial charge in [0, 0.05) is 17.9 Å². The van der Waals surface area contributed by atoms with Gasteiger partial charge < -0.3 is 9.16 Å². The van der Waals surface area contributed by atoms with Crippen molar-refractivity contribution in [3.05, 3.63) is 35.9 Å². The van der Waals surface area contributed by atoms with Gasteiger partial charge in [0.1, 0.15) is 6.10 Å². The van der Waals surface area contributed by atoms with Crippen LogP contribution in [0.1, 0.15) is 26.3 Å². The maximum atomic E-state index is 12.0. The van der Waals surface area contributed by atoms with Crippen LogP contribution in [0.5, 0.6) is 5.88 Å². The number of ether oxygens (including phenoxy) is 1. The quantitative estimate of drug-likeness (QED) is 0.476. The van der Waals surface area contributed by atoms with Gasteiger partial charge in [-0.1, -0.05) is 39.0 Å². The van der Waals surface area contributed by atoms with E-state index in [1.54, 1.807) is 7.11 Å². The summed E-state index contributed by atoms with van der Waals surface area (Å²) < 4.78 is 41.1. The van der Waals surface area contributed by atoms with Gasteiger partial charge in [0.25, 0.3) is 10.1 Å². The Bertz CT molecular complexity index is 908. The van der Waals surface area contributed by atoms with Crippen molar-refractivity contribution in [1.29, 1.82) is 0 Å². The van der Waals surface area contributed by atoms with Gasteiger partial charge in [-0.25, -0.2) is 4.98 Å². The SMILES string of the molecule is COc1ccc2cccc(CC(OS(C)(=O)=O)C(O[SiH](C)C)C(C)(C)C)c2n1. The van der Waals surface area contributed by atoms with E-state index in [1.165, 1.54) is 0 Å². The summed E-state index contributed by atoms with van der Waals surface area (Å²) >= 11 is 0. The predicted octanol–water partition coefficient (Wildman–Crippen LogP) is 3.55.